The lowest BCUT2D eigenvalue weighted by Gasteiger charge is -2.39. The molecule has 5 rings (SSSR count). The molecule has 3 aromatic rings. The molecule has 1 aliphatic heterocycles. The van der Waals surface area contributed by atoms with E-state index in [1.807, 2.05) is 48.5 Å². The summed E-state index contributed by atoms with van der Waals surface area (Å²) in [5, 5.41) is 13.4. The average Bonchev–Trinajstić information content (AvgIpc) is 3.19. The highest BCUT2D eigenvalue weighted by Gasteiger charge is 2.43. The third-order valence-corrected chi connectivity index (χ3v) is 7.38. The van der Waals surface area contributed by atoms with Gasteiger partial charge in [0.15, 0.2) is 0 Å². The summed E-state index contributed by atoms with van der Waals surface area (Å²) in [5.74, 6) is -1.10. The molecule has 1 saturated heterocycles. The number of benzene rings is 3. The quantitative estimate of drug-likeness (QED) is 0.429. The van der Waals surface area contributed by atoms with E-state index in [0.29, 0.717) is 37.5 Å². The zero-order chi connectivity index (χ0) is 24.4. The van der Waals surface area contributed by atoms with Crippen molar-refractivity contribution in [3.63, 3.8) is 0 Å². The number of likely N-dealkylation sites (tertiary alicyclic amines) is 1. The van der Waals surface area contributed by atoms with Gasteiger partial charge in [-0.2, -0.15) is 0 Å². The number of fused-ring (bicyclic) bond motifs is 3. The lowest BCUT2D eigenvalue weighted by atomic mass is 9.87. The van der Waals surface area contributed by atoms with Crippen LogP contribution in [0.4, 0.5) is 4.79 Å². The van der Waals surface area contributed by atoms with Crippen molar-refractivity contribution in [2.45, 2.75) is 30.8 Å². The smallest absolute Gasteiger partial charge is 0.408 e. The van der Waals surface area contributed by atoms with Gasteiger partial charge in [-0.1, -0.05) is 72.3 Å². The van der Waals surface area contributed by atoms with E-state index in [1.165, 1.54) is 0 Å². The molecule has 1 fully saturated rings. The van der Waals surface area contributed by atoms with Crippen LogP contribution < -0.4 is 5.32 Å². The van der Waals surface area contributed by atoms with Gasteiger partial charge < -0.3 is 15.2 Å². The molecule has 2 aliphatic rings. The molecule has 6 nitrogen and oxygen atoms in total. The van der Waals surface area contributed by atoms with Crippen molar-refractivity contribution in [1.82, 2.24) is 10.2 Å². The predicted octanol–water partition coefficient (Wildman–Crippen LogP) is 5.72. The number of halogens is 2. The monoisotopic (exact) mass is 526 g/mol. The maximum absolute atomic E-state index is 12.8. The standard InChI is InChI=1S/C28H27ClN2O4.ClH/c29-20-11-9-19(10-12-20)17-31-15-13-28(14-16-31,26(32)33)30-27(34)35-18-25-23-7-3-1-5-21(23)22-6-2-4-8-24(22)25;/h1-12,25H,13-18H2,(H,30,34)(H,32,33);1H. The first-order valence-corrected chi connectivity index (χ1v) is 12.2. The molecule has 188 valence electrons. The summed E-state index contributed by atoms with van der Waals surface area (Å²) in [5.41, 5.74) is 4.30. The van der Waals surface area contributed by atoms with Crippen molar-refractivity contribution >= 4 is 36.1 Å². The largest absolute Gasteiger partial charge is 0.480 e. The van der Waals surface area contributed by atoms with Gasteiger partial charge in [-0.05, 0) is 52.8 Å². The first kappa shape index (κ1) is 26.0. The molecular weight excluding hydrogens is 499 g/mol. The van der Waals surface area contributed by atoms with Crippen LogP contribution in [0, 0.1) is 0 Å². The minimum atomic E-state index is -1.33. The van der Waals surface area contributed by atoms with Crippen molar-refractivity contribution in [1.29, 1.82) is 0 Å². The van der Waals surface area contributed by atoms with Crippen LogP contribution in [0.15, 0.2) is 72.8 Å². The summed E-state index contributed by atoms with van der Waals surface area (Å²) in [7, 11) is 0. The van der Waals surface area contributed by atoms with Crippen LogP contribution in [0.1, 0.15) is 35.4 Å². The third-order valence-electron chi connectivity index (χ3n) is 7.12. The number of carbonyl (C=O) groups excluding carboxylic acids is 1. The fourth-order valence-corrected chi connectivity index (χ4v) is 5.29. The molecule has 1 aliphatic carbocycles. The summed E-state index contributed by atoms with van der Waals surface area (Å²) in [6.45, 7) is 1.97. The van der Waals surface area contributed by atoms with Crippen LogP contribution in [0.2, 0.25) is 5.02 Å². The Morgan fingerprint density at radius 3 is 2.06 bits per heavy atom. The zero-order valence-electron chi connectivity index (χ0n) is 19.7. The Morgan fingerprint density at radius 2 is 1.50 bits per heavy atom. The maximum atomic E-state index is 12.8. The SMILES string of the molecule is Cl.O=C(NC1(C(=O)O)CCN(Cc2ccc(Cl)cc2)CC1)OCC1c2ccccc2-c2ccccc21. The van der Waals surface area contributed by atoms with Gasteiger partial charge in [-0.3, -0.25) is 4.90 Å². The summed E-state index contributed by atoms with van der Waals surface area (Å²) in [6.07, 6.45) is -0.0827. The molecule has 0 spiro atoms. The van der Waals surface area contributed by atoms with Gasteiger partial charge in [0.2, 0.25) is 0 Å². The van der Waals surface area contributed by atoms with E-state index in [9.17, 15) is 14.7 Å². The second-order valence-electron chi connectivity index (χ2n) is 9.24. The summed E-state index contributed by atoms with van der Waals surface area (Å²) < 4.78 is 5.61. The maximum Gasteiger partial charge on any atom is 0.408 e. The molecule has 1 heterocycles. The highest BCUT2D eigenvalue weighted by atomic mass is 35.5. The number of carboxylic acid groups (broad SMARTS) is 1. The van der Waals surface area contributed by atoms with Crippen LogP contribution >= 0.6 is 24.0 Å². The number of amides is 1. The minimum Gasteiger partial charge on any atom is -0.480 e. The second kappa shape index (κ2) is 10.9. The molecule has 0 unspecified atom stereocenters. The molecule has 3 aromatic carbocycles. The first-order chi connectivity index (χ1) is 16.9. The fourth-order valence-electron chi connectivity index (χ4n) is 5.16. The number of alkyl carbamates (subject to hydrolysis) is 1. The molecule has 0 aromatic heterocycles. The van der Waals surface area contributed by atoms with E-state index >= 15 is 0 Å². The molecular formula is C28H28Cl2N2O4. The molecule has 0 saturated carbocycles. The van der Waals surface area contributed by atoms with Crippen LogP contribution in [0.5, 0.6) is 0 Å². The molecule has 0 atom stereocenters. The molecule has 36 heavy (non-hydrogen) atoms. The molecule has 0 bridgehead atoms. The zero-order valence-corrected chi connectivity index (χ0v) is 21.2. The number of hydrogen-bond donors (Lipinski definition) is 2. The molecule has 8 heteroatoms. The Kier molecular flexibility index (Phi) is 7.88. The number of carboxylic acids is 1. The van der Waals surface area contributed by atoms with Crippen LogP contribution in [-0.2, 0) is 16.1 Å². The molecule has 2 N–H and O–H groups in total. The Bertz CT molecular complexity index is 1190. The summed E-state index contributed by atoms with van der Waals surface area (Å²) >= 11 is 5.96. The van der Waals surface area contributed by atoms with Gasteiger partial charge in [-0.25, -0.2) is 9.59 Å². The van der Waals surface area contributed by atoms with Gasteiger partial charge in [0.25, 0.3) is 0 Å². The Balaban J connectivity index is 0.00000304. The Labute approximate surface area is 221 Å². The number of ether oxygens (including phenoxy) is 1. The Morgan fingerprint density at radius 1 is 0.944 bits per heavy atom. The van der Waals surface area contributed by atoms with E-state index < -0.39 is 17.6 Å². The lowest BCUT2D eigenvalue weighted by Crippen LogP contribution is -2.60. The number of nitrogens with zero attached hydrogens (tertiary/aromatic N) is 1. The van der Waals surface area contributed by atoms with Crippen molar-refractivity contribution in [3.05, 3.63) is 94.5 Å². The highest BCUT2D eigenvalue weighted by Crippen LogP contribution is 2.44. The van der Waals surface area contributed by atoms with Crippen LogP contribution in [-0.4, -0.2) is 47.3 Å². The fraction of sp³-hybridized carbons (Fsp3) is 0.286. The normalized spacial score (nSPS) is 16.4. The predicted molar refractivity (Wildman–Crippen MR) is 142 cm³/mol. The van der Waals surface area contributed by atoms with Crippen molar-refractivity contribution in [2.75, 3.05) is 19.7 Å². The molecule has 1 amide bonds. The van der Waals surface area contributed by atoms with E-state index in [1.54, 1.807) is 0 Å². The van der Waals surface area contributed by atoms with Crippen molar-refractivity contribution in [2.24, 2.45) is 0 Å². The van der Waals surface area contributed by atoms with E-state index in [-0.39, 0.29) is 24.9 Å². The number of hydrogen-bond acceptors (Lipinski definition) is 4. The summed E-state index contributed by atoms with van der Waals surface area (Å²) in [6, 6.07) is 23.9. The lowest BCUT2D eigenvalue weighted by molar-refractivity contribution is -0.147. The van der Waals surface area contributed by atoms with Crippen LogP contribution in [0.3, 0.4) is 0 Å². The first-order valence-electron chi connectivity index (χ1n) is 11.8. The Hall–Kier alpha value is -3.06. The van der Waals surface area contributed by atoms with E-state index in [0.717, 1.165) is 27.8 Å². The van der Waals surface area contributed by atoms with Gasteiger partial charge in [-0.15, -0.1) is 12.4 Å². The minimum absolute atomic E-state index is 0. The topological polar surface area (TPSA) is 78.9 Å². The van der Waals surface area contributed by atoms with Gasteiger partial charge in [0, 0.05) is 30.6 Å². The van der Waals surface area contributed by atoms with Gasteiger partial charge >= 0.3 is 12.1 Å². The van der Waals surface area contributed by atoms with Crippen LogP contribution in [0.25, 0.3) is 11.1 Å². The third kappa shape index (κ3) is 5.21. The highest BCUT2D eigenvalue weighted by molar-refractivity contribution is 6.30. The van der Waals surface area contributed by atoms with Gasteiger partial charge in [0.1, 0.15) is 12.1 Å². The second-order valence-corrected chi connectivity index (χ2v) is 9.68. The summed E-state index contributed by atoms with van der Waals surface area (Å²) in [4.78, 5) is 27.2. The number of aliphatic carboxylic acids is 1. The molecule has 0 radical (unpaired) electrons. The van der Waals surface area contributed by atoms with Crippen molar-refractivity contribution in [3.8, 4) is 11.1 Å². The van der Waals surface area contributed by atoms with E-state index in [4.69, 9.17) is 16.3 Å². The average molecular weight is 527 g/mol. The number of nitrogens with one attached hydrogen (secondary N) is 1. The van der Waals surface area contributed by atoms with Crippen molar-refractivity contribution < 1.29 is 19.4 Å². The van der Waals surface area contributed by atoms with E-state index in [2.05, 4.69) is 34.5 Å². The number of carbonyl (C=O) groups is 2. The van der Waals surface area contributed by atoms with Gasteiger partial charge in [0.05, 0.1) is 0 Å². The number of rotatable bonds is 6. The number of piperidine rings is 1.